The molecular formula is C24H27N7O2. The van der Waals surface area contributed by atoms with E-state index in [0.717, 1.165) is 48.1 Å². The molecule has 0 atom stereocenters. The van der Waals surface area contributed by atoms with Gasteiger partial charge in [0.15, 0.2) is 5.82 Å². The van der Waals surface area contributed by atoms with E-state index in [9.17, 15) is 9.90 Å². The van der Waals surface area contributed by atoms with Crippen molar-refractivity contribution in [3.63, 3.8) is 0 Å². The molecule has 1 aromatic heterocycles. The Labute approximate surface area is 191 Å². The van der Waals surface area contributed by atoms with Gasteiger partial charge in [-0.2, -0.15) is 4.98 Å². The zero-order valence-electron chi connectivity index (χ0n) is 18.4. The maximum Gasteiger partial charge on any atom is 0.251 e. The number of carbonyl (C=O) groups excluding carboxylic acids is 1. The molecule has 0 saturated heterocycles. The number of aliphatic hydroxyl groups excluding tert-OH is 1. The zero-order chi connectivity index (χ0) is 23.2. The van der Waals surface area contributed by atoms with Crippen molar-refractivity contribution in [3.8, 4) is 11.4 Å². The second-order valence-corrected chi connectivity index (χ2v) is 8.93. The molecule has 5 rings (SSSR count). The van der Waals surface area contributed by atoms with E-state index >= 15 is 0 Å². The SMILES string of the molecule is Cn1nc(-c2ccc(C(=O)NC3(CO)CC3)cc2)nc1Nc1ccc(N)c(C=N)c1C1CC1. The molecule has 1 amide bonds. The number of nitrogens with one attached hydrogen (secondary N) is 3. The Balaban J connectivity index is 1.36. The fraction of sp³-hybridized carbons (Fsp3) is 0.333. The minimum absolute atomic E-state index is 0.0394. The van der Waals surface area contributed by atoms with Crippen LogP contribution < -0.4 is 16.4 Å². The summed E-state index contributed by atoms with van der Waals surface area (Å²) >= 11 is 0. The van der Waals surface area contributed by atoms with E-state index in [0.29, 0.717) is 28.9 Å². The summed E-state index contributed by atoms with van der Waals surface area (Å²) in [6.45, 7) is -0.0394. The van der Waals surface area contributed by atoms with Gasteiger partial charge in [0.25, 0.3) is 5.91 Å². The molecule has 0 bridgehead atoms. The van der Waals surface area contributed by atoms with Crippen LogP contribution in [-0.2, 0) is 7.05 Å². The Morgan fingerprint density at radius 1 is 1.27 bits per heavy atom. The molecule has 1 heterocycles. The third-order valence-electron chi connectivity index (χ3n) is 6.40. The van der Waals surface area contributed by atoms with Crippen LogP contribution in [0.4, 0.5) is 17.3 Å². The molecule has 33 heavy (non-hydrogen) atoms. The maximum atomic E-state index is 12.4. The summed E-state index contributed by atoms with van der Waals surface area (Å²) in [5.41, 5.74) is 10.3. The molecular weight excluding hydrogens is 418 g/mol. The predicted octanol–water partition coefficient (Wildman–Crippen LogP) is 2.94. The van der Waals surface area contributed by atoms with Gasteiger partial charge in [0.05, 0.1) is 12.1 Å². The maximum absolute atomic E-state index is 12.4. The number of benzene rings is 2. The number of hydrogen-bond acceptors (Lipinski definition) is 7. The first kappa shape index (κ1) is 21.1. The molecule has 0 spiro atoms. The van der Waals surface area contributed by atoms with Crippen molar-refractivity contribution >= 4 is 29.4 Å². The van der Waals surface area contributed by atoms with E-state index < -0.39 is 5.54 Å². The van der Waals surface area contributed by atoms with Crippen molar-refractivity contribution in [3.05, 3.63) is 53.1 Å². The van der Waals surface area contributed by atoms with Gasteiger partial charge in [-0.25, -0.2) is 4.68 Å². The van der Waals surface area contributed by atoms with Gasteiger partial charge in [-0.3, -0.25) is 4.79 Å². The molecule has 2 aromatic carbocycles. The highest BCUT2D eigenvalue weighted by Gasteiger charge is 2.43. The Morgan fingerprint density at radius 2 is 2.00 bits per heavy atom. The van der Waals surface area contributed by atoms with E-state index in [1.807, 2.05) is 25.2 Å². The molecule has 170 valence electrons. The number of aliphatic hydroxyl groups is 1. The molecule has 0 aliphatic heterocycles. The first-order chi connectivity index (χ1) is 15.9. The summed E-state index contributed by atoms with van der Waals surface area (Å²) in [5, 5.41) is 28.0. The molecule has 2 aliphatic rings. The Morgan fingerprint density at radius 3 is 2.61 bits per heavy atom. The monoisotopic (exact) mass is 445 g/mol. The first-order valence-corrected chi connectivity index (χ1v) is 11.1. The molecule has 6 N–H and O–H groups in total. The van der Waals surface area contributed by atoms with Crippen molar-refractivity contribution in [1.29, 1.82) is 5.41 Å². The van der Waals surface area contributed by atoms with Gasteiger partial charge in [-0.05, 0) is 61.4 Å². The number of anilines is 3. The third-order valence-corrected chi connectivity index (χ3v) is 6.40. The normalized spacial score (nSPS) is 16.3. The first-order valence-electron chi connectivity index (χ1n) is 11.1. The average Bonchev–Trinajstić information content (AvgIpc) is 3.75. The molecule has 2 fully saturated rings. The highest BCUT2D eigenvalue weighted by atomic mass is 16.3. The van der Waals surface area contributed by atoms with Gasteiger partial charge in [0.1, 0.15) is 0 Å². The lowest BCUT2D eigenvalue weighted by molar-refractivity contribution is 0.0907. The fourth-order valence-corrected chi connectivity index (χ4v) is 4.03. The van der Waals surface area contributed by atoms with Crippen LogP contribution in [0.15, 0.2) is 36.4 Å². The second kappa shape index (κ2) is 8.00. The van der Waals surface area contributed by atoms with Crippen LogP contribution in [0.5, 0.6) is 0 Å². The number of aromatic nitrogens is 3. The summed E-state index contributed by atoms with van der Waals surface area (Å²) in [5.74, 6) is 1.33. The third kappa shape index (κ3) is 4.07. The van der Waals surface area contributed by atoms with Crippen molar-refractivity contribution in [1.82, 2.24) is 20.1 Å². The molecule has 9 heteroatoms. The van der Waals surface area contributed by atoms with Crippen molar-refractivity contribution in [2.45, 2.75) is 37.1 Å². The second-order valence-electron chi connectivity index (χ2n) is 8.93. The van der Waals surface area contributed by atoms with Gasteiger partial charge >= 0.3 is 0 Å². The Hall–Kier alpha value is -3.72. The molecule has 2 aliphatic carbocycles. The van der Waals surface area contributed by atoms with Crippen LogP contribution in [-0.4, -0.2) is 44.1 Å². The van der Waals surface area contributed by atoms with Gasteiger partial charge in [0.2, 0.25) is 5.95 Å². The fourth-order valence-electron chi connectivity index (χ4n) is 4.03. The molecule has 2 saturated carbocycles. The molecule has 3 aromatic rings. The molecule has 0 radical (unpaired) electrons. The van der Waals surface area contributed by atoms with Crippen molar-refractivity contribution in [2.75, 3.05) is 17.7 Å². The minimum atomic E-state index is -0.447. The molecule has 9 nitrogen and oxygen atoms in total. The number of amides is 1. The van der Waals surface area contributed by atoms with E-state index in [1.165, 1.54) is 6.21 Å². The van der Waals surface area contributed by atoms with E-state index in [-0.39, 0.29) is 12.5 Å². The van der Waals surface area contributed by atoms with Crippen LogP contribution in [0.1, 0.15) is 53.1 Å². The largest absolute Gasteiger partial charge is 0.398 e. The number of rotatable bonds is 8. The standard InChI is InChI=1S/C24H27N7O2/c1-31-23(27-19-9-8-18(26)17(12-25)20(19)14-2-3-14)28-21(30-31)15-4-6-16(7-5-15)22(33)29-24(13-32)10-11-24/h4-9,12,14,25,32H,2-3,10-11,13,26H2,1H3,(H,29,33)(H,27,28,30). The zero-order valence-corrected chi connectivity index (χ0v) is 18.4. The summed E-state index contributed by atoms with van der Waals surface area (Å²) in [7, 11) is 1.82. The van der Waals surface area contributed by atoms with Crippen LogP contribution in [0.25, 0.3) is 11.4 Å². The lowest BCUT2D eigenvalue weighted by Crippen LogP contribution is -2.39. The van der Waals surface area contributed by atoms with Crippen LogP contribution >= 0.6 is 0 Å². The topological polar surface area (TPSA) is 142 Å². The highest BCUT2D eigenvalue weighted by molar-refractivity contribution is 5.95. The smallest absolute Gasteiger partial charge is 0.251 e. The Kier molecular flexibility index (Phi) is 5.13. The number of nitrogen functional groups attached to an aromatic ring is 1. The van der Waals surface area contributed by atoms with Crippen LogP contribution in [0.3, 0.4) is 0 Å². The van der Waals surface area contributed by atoms with Gasteiger partial charge < -0.3 is 26.9 Å². The quantitative estimate of drug-likeness (QED) is 0.267. The summed E-state index contributed by atoms with van der Waals surface area (Å²) in [6.07, 6.45) is 5.10. The average molecular weight is 446 g/mol. The van der Waals surface area contributed by atoms with E-state index in [2.05, 4.69) is 20.7 Å². The van der Waals surface area contributed by atoms with Crippen molar-refractivity contribution in [2.24, 2.45) is 7.05 Å². The summed E-state index contributed by atoms with van der Waals surface area (Å²) < 4.78 is 1.67. The van der Waals surface area contributed by atoms with E-state index in [4.69, 9.17) is 11.1 Å². The minimum Gasteiger partial charge on any atom is -0.398 e. The number of carbonyl (C=O) groups is 1. The highest BCUT2D eigenvalue weighted by Crippen LogP contribution is 2.46. The lowest BCUT2D eigenvalue weighted by atomic mass is 10.00. The van der Waals surface area contributed by atoms with Crippen LogP contribution in [0, 0.1) is 5.41 Å². The number of nitrogens with two attached hydrogens (primary N) is 1. The van der Waals surface area contributed by atoms with Crippen LogP contribution in [0.2, 0.25) is 0 Å². The van der Waals surface area contributed by atoms with Crippen molar-refractivity contribution < 1.29 is 9.90 Å². The van der Waals surface area contributed by atoms with E-state index in [1.54, 1.807) is 22.9 Å². The van der Waals surface area contributed by atoms with Gasteiger partial charge in [-0.15, -0.1) is 5.10 Å². The Bertz CT molecular complexity index is 1220. The number of hydrogen-bond donors (Lipinski definition) is 5. The number of aryl methyl sites for hydroxylation is 1. The van der Waals surface area contributed by atoms with Gasteiger partial charge in [0, 0.05) is 41.3 Å². The summed E-state index contributed by atoms with van der Waals surface area (Å²) in [6, 6.07) is 10.8. The van der Waals surface area contributed by atoms with Gasteiger partial charge in [-0.1, -0.05) is 12.1 Å². The lowest BCUT2D eigenvalue weighted by Gasteiger charge is -2.15. The summed E-state index contributed by atoms with van der Waals surface area (Å²) in [4.78, 5) is 17.1. The number of nitrogens with zero attached hydrogens (tertiary/aromatic N) is 3. The predicted molar refractivity (Wildman–Crippen MR) is 127 cm³/mol. The molecule has 0 unspecified atom stereocenters.